The second-order valence-electron chi connectivity index (χ2n) is 6.17. The summed E-state index contributed by atoms with van der Waals surface area (Å²) < 4.78 is 5.90. The summed E-state index contributed by atoms with van der Waals surface area (Å²) in [5.41, 5.74) is 0. The molecule has 0 aromatic rings. The number of rotatable bonds is 5. The van der Waals surface area contributed by atoms with Gasteiger partial charge in [0.15, 0.2) is 5.96 Å². The average Bonchev–Trinajstić information content (AvgIpc) is 3.16. The van der Waals surface area contributed by atoms with Gasteiger partial charge in [0.05, 0.1) is 24.8 Å². The minimum Gasteiger partial charge on any atom is -0.373 e. The molecular formula is C15H28N4O. The molecule has 0 aromatic carbocycles. The lowest BCUT2D eigenvalue weighted by Gasteiger charge is -2.23. The number of hydrogen-bond donors (Lipinski definition) is 2. The van der Waals surface area contributed by atoms with Crippen molar-refractivity contribution in [3.8, 4) is 0 Å². The van der Waals surface area contributed by atoms with Crippen molar-refractivity contribution >= 4 is 5.96 Å². The molecule has 114 valence electrons. The molecule has 0 spiro atoms. The number of guanidine groups is 1. The Balaban J connectivity index is 1.46. The molecule has 2 N–H and O–H groups in total. The van der Waals surface area contributed by atoms with Crippen molar-refractivity contribution in [2.24, 2.45) is 4.99 Å². The van der Waals surface area contributed by atoms with Gasteiger partial charge in [0.2, 0.25) is 0 Å². The van der Waals surface area contributed by atoms with Crippen molar-refractivity contribution in [3.63, 3.8) is 0 Å². The summed E-state index contributed by atoms with van der Waals surface area (Å²) in [7, 11) is 0. The van der Waals surface area contributed by atoms with Gasteiger partial charge in [-0.15, -0.1) is 0 Å². The van der Waals surface area contributed by atoms with E-state index in [0.717, 1.165) is 32.0 Å². The highest BCUT2D eigenvalue weighted by molar-refractivity contribution is 5.80. The summed E-state index contributed by atoms with van der Waals surface area (Å²) >= 11 is 0. The normalized spacial score (nSPS) is 33.9. The Kier molecular flexibility index (Phi) is 4.78. The van der Waals surface area contributed by atoms with Crippen LogP contribution >= 0.6 is 0 Å². The Hall–Kier alpha value is -0.810. The van der Waals surface area contributed by atoms with Gasteiger partial charge in [-0.25, -0.2) is 0 Å². The van der Waals surface area contributed by atoms with Crippen molar-refractivity contribution in [2.45, 2.75) is 57.3 Å². The van der Waals surface area contributed by atoms with Crippen LogP contribution < -0.4 is 10.6 Å². The van der Waals surface area contributed by atoms with Gasteiger partial charge in [-0.2, -0.15) is 0 Å². The molecule has 0 amide bonds. The largest absolute Gasteiger partial charge is 0.373 e. The molecule has 3 aliphatic heterocycles. The van der Waals surface area contributed by atoms with E-state index < -0.39 is 0 Å². The monoisotopic (exact) mass is 280 g/mol. The summed E-state index contributed by atoms with van der Waals surface area (Å²) in [4.78, 5) is 7.23. The van der Waals surface area contributed by atoms with Crippen LogP contribution in [0.4, 0.5) is 0 Å². The van der Waals surface area contributed by atoms with E-state index in [9.17, 15) is 0 Å². The summed E-state index contributed by atoms with van der Waals surface area (Å²) in [5.74, 6) is 0.966. The van der Waals surface area contributed by atoms with Gasteiger partial charge in [-0.1, -0.05) is 0 Å². The smallest absolute Gasteiger partial charge is 0.191 e. The van der Waals surface area contributed by atoms with Gasteiger partial charge in [-0.05, 0) is 52.1 Å². The van der Waals surface area contributed by atoms with Crippen molar-refractivity contribution in [1.82, 2.24) is 15.5 Å². The molecule has 3 saturated heterocycles. The van der Waals surface area contributed by atoms with E-state index >= 15 is 0 Å². The van der Waals surface area contributed by atoms with Gasteiger partial charge in [0.25, 0.3) is 0 Å². The molecule has 2 bridgehead atoms. The first-order valence-electron chi connectivity index (χ1n) is 8.28. The van der Waals surface area contributed by atoms with Crippen molar-refractivity contribution in [3.05, 3.63) is 0 Å². The lowest BCUT2D eigenvalue weighted by atomic mass is 9.96. The molecule has 0 aliphatic carbocycles. The van der Waals surface area contributed by atoms with E-state index in [1.165, 1.54) is 38.8 Å². The maximum Gasteiger partial charge on any atom is 0.191 e. The van der Waals surface area contributed by atoms with E-state index in [4.69, 9.17) is 9.73 Å². The zero-order valence-corrected chi connectivity index (χ0v) is 12.6. The second kappa shape index (κ2) is 6.76. The van der Waals surface area contributed by atoms with Gasteiger partial charge >= 0.3 is 0 Å². The van der Waals surface area contributed by atoms with Crippen LogP contribution in [0.1, 0.15) is 39.0 Å². The third-order valence-corrected chi connectivity index (χ3v) is 4.66. The Morgan fingerprint density at radius 1 is 1.30 bits per heavy atom. The number of likely N-dealkylation sites (tertiary alicyclic amines) is 1. The maximum absolute atomic E-state index is 5.90. The number of ether oxygens (including phenoxy) is 1. The fraction of sp³-hybridized carbons (Fsp3) is 0.933. The Bertz CT molecular complexity index is 341. The van der Waals surface area contributed by atoms with Crippen molar-refractivity contribution in [1.29, 1.82) is 0 Å². The SMILES string of the molecule is CCNC(=NCCN1CCCC1)NC1CC2CCC1O2. The molecule has 5 heteroatoms. The van der Waals surface area contributed by atoms with Crippen LogP contribution in [0.15, 0.2) is 4.99 Å². The number of fused-ring (bicyclic) bond motifs is 2. The third-order valence-electron chi connectivity index (χ3n) is 4.66. The van der Waals surface area contributed by atoms with Gasteiger partial charge in [0, 0.05) is 13.1 Å². The quantitative estimate of drug-likeness (QED) is 0.582. The molecule has 0 radical (unpaired) electrons. The predicted octanol–water partition coefficient (Wildman–Crippen LogP) is 0.957. The van der Waals surface area contributed by atoms with Crippen LogP contribution in [0, 0.1) is 0 Å². The van der Waals surface area contributed by atoms with Crippen LogP contribution in [-0.4, -0.2) is 61.8 Å². The fourth-order valence-corrected chi connectivity index (χ4v) is 3.59. The number of aliphatic imine (C=N–C) groups is 1. The molecule has 5 nitrogen and oxygen atoms in total. The molecule has 0 aromatic heterocycles. The van der Waals surface area contributed by atoms with E-state index in [0.29, 0.717) is 18.2 Å². The van der Waals surface area contributed by atoms with Crippen LogP contribution in [0.2, 0.25) is 0 Å². The second-order valence-corrected chi connectivity index (χ2v) is 6.17. The van der Waals surface area contributed by atoms with Crippen LogP contribution in [0.25, 0.3) is 0 Å². The summed E-state index contributed by atoms with van der Waals surface area (Å²) in [6.45, 7) is 7.51. The Morgan fingerprint density at radius 2 is 2.15 bits per heavy atom. The van der Waals surface area contributed by atoms with E-state index in [-0.39, 0.29) is 0 Å². The molecule has 3 heterocycles. The van der Waals surface area contributed by atoms with E-state index in [2.05, 4.69) is 22.5 Å². The zero-order valence-electron chi connectivity index (χ0n) is 12.6. The van der Waals surface area contributed by atoms with Crippen LogP contribution in [-0.2, 0) is 4.74 Å². The third kappa shape index (κ3) is 3.44. The minimum atomic E-state index is 0.405. The van der Waals surface area contributed by atoms with Crippen LogP contribution in [0.3, 0.4) is 0 Å². The fourth-order valence-electron chi connectivity index (χ4n) is 3.59. The predicted molar refractivity (Wildman–Crippen MR) is 81.1 cm³/mol. The maximum atomic E-state index is 5.90. The lowest BCUT2D eigenvalue weighted by Crippen LogP contribution is -2.47. The summed E-state index contributed by atoms with van der Waals surface area (Å²) in [5, 5.41) is 6.93. The highest BCUT2D eigenvalue weighted by Crippen LogP contribution is 2.34. The Labute approximate surface area is 122 Å². The van der Waals surface area contributed by atoms with Gasteiger partial charge in [0.1, 0.15) is 0 Å². The lowest BCUT2D eigenvalue weighted by molar-refractivity contribution is 0.0992. The molecule has 3 rings (SSSR count). The summed E-state index contributed by atoms with van der Waals surface area (Å²) in [6, 6.07) is 0.457. The molecule has 3 fully saturated rings. The molecule has 3 aliphatic rings. The highest BCUT2D eigenvalue weighted by atomic mass is 16.5. The molecular weight excluding hydrogens is 252 g/mol. The Morgan fingerprint density at radius 3 is 2.80 bits per heavy atom. The topological polar surface area (TPSA) is 48.9 Å². The van der Waals surface area contributed by atoms with E-state index in [1.807, 2.05) is 0 Å². The molecule has 3 unspecified atom stereocenters. The minimum absolute atomic E-state index is 0.405. The average molecular weight is 280 g/mol. The van der Waals surface area contributed by atoms with Gasteiger partial charge in [-0.3, -0.25) is 4.99 Å². The molecule has 3 atom stereocenters. The number of nitrogens with one attached hydrogen (secondary N) is 2. The van der Waals surface area contributed by atoms with Gasteiger partial charge < -0.3 is 20.3 Å². The standard InChI is InChI=1S/C15H28N4O/c1-2-16-15(17-7-10-19-8-3-4-9-19)18-13-11-12-5-6-14(13)20-12/h12-14H,2-11H2,1H3,(H2,16,17,18). The first kappa shape index (κ1) is 14.1. The molecule has 0 saturated carbocycles. The number of nitrogens with zero attached hydrogens (tertiary/aromatic N) is 2. The summed E-state index contributed by atoms with van der Waals surface area (Å²) in [6.07, 6.45) is 7.18. The van der Waals surface area contributed by atoms with Crippen LogP contribution in [0.5, 0.6) is 0 Å². The highest BCUT2D eigenvalue weighted by Gasteiger charge is 2.41. The first-order valence-corrected chi connectivity index (χ1v) is 8.28. The van der Waals surface area contributed by atoms with E-state index in [1.54, 1.807) is 0 Å². The zero-order chi connectivity index (χ0) is 13.8. The van der Waals surface area contributed by atoms with Crippen molar-refractivity contribution < 1.29 is 4.74 Å². The first-order chi connectivity index (χ1) is 9.85. The van der Waals surface area contributed by atoms with Crippen molar-refractivity contribution in [2.75, 3.05) is 32.7 Å². The molecule has 20 heavy (non-hydrogen) atoms. The number of hydrogen-bond acceptors (Lipinski definition) is 3.